The van der Waals surface area contributed by atoms with E-state index >= 15 is 0 Å². The molecule has 1 aromatic carbocycles. The largest absolute Gasteiger partial charge is 0.477 e. The van der Waals surface area contributed by atoms with Crippen LogP contribution in [0.3, 0.4) is 0 Å². The van der Waals surface area contributed by atoms with Gasteiger partial charge in [-0.2, -0.15) is 13.2 Å². The van der Waals surface area contributed by atoms with Crippen LogP contribution in [-0.4, -0.2) is 16.1 Å². The minimum Gasteiger partial charge on any atom is -0.477 e. The Morgan fingerprint density at radius 2 is 1.89 bits per heavy atom. The quantitative estimate of drug-likeness (QED) is 0.785. The first-order valence-corrected chi connectivity index (χ1v) is 4.88. The van der Waals surface area contributed by atoms with Gasteiger partial charge < -0.3 is 10.1 Å². The molecule has 1 aromatic heterocycles. The van der Waals surface area contributed by atoms with Gasteiger partial charge in [0.05, 0.1) is 16.5 Å². The zero-order valence-electron chi connectivity index (χ0n) is 9.01. The number of hydrogen-bond donors (Lipinski definition) is 2. The predicted molar refractivity (Wildman–Crippen MR) is 56.5 cm³/mol. The molecule has 0 atom stereocenters. The van der Waals surface area contributed by atoms with Crippen molar-refractivity contribution in [1.29, 1.82) is 0 Å². The lowest BCUT2D eigenvalue weighted by Crippen LogP contribution is -2.19. The van der Waals surface area contributed by atoms with Crippen molar-refractivity contribution in [3.05, 3.63) is 45.5 Å². The number of rotatable bonds is 1. The maximum absolute atomic E-state index is 13.4. The highest BCUT2D eigenvalue weighted by atomic mass is 19.4. The van der Waals surface area contributed by atoms with Crippen LogP contribution in [0.25, 0.3) is 10.9 Å². The van der Waals surface area contributed by atoms with Gasteiger partial charge in [0.25, 0.3) is 0 Å². The van der Waals surface area contributed by atoms with E-state index in [0.29, 0.717) is 18.3 Å². The van der Waals surface area contributed by atoms with Gasteiger partial charge in [-0.3, -0.25) is 4.79 Å². The standard InChI is InChI=1S/C11H5F4NO3/c12-6-2-1-5(11(13,14)15)7-8(6)16-3-4(9(7)17)10(18)19/h1-3H,(H,16,17)(H,18,19). The van der Waals surface area contributed by atoms with Crippen LogP contribution in [0.2, 0.25) is 0 Å². The molecule has 2 rings (SSSR count). The van der Waals surface area contributed by atoms with Gasteiger partial charge in [-0.25, -0.2) is 9.18 Å². The Morgan fingerprint density at radius 3 is 2.42 bits per heavy atom. The SMILES string of the molecule is O=C(O)c1c[nH]c2c(F)ccc(C(F)(F)F)c2c1=O. The fourth-order valence-electron chi connectivity index (χ4n) is 1.69. The molecule has 0 radical (unpaired) electrons. The van der Waals surface area contributed by atoms with Crippen molar-refractivity contribution in [3.8, 4) is 0 Å². The molecule has 8 heteroatoms. The molecule has 100 valence electrons. The maximum Gasteiger partial charge on any atom is 0.417 e. The summed E-state index contributed by atoms with van der Waals surface area (Å²) >= 11 is 0. The molecule has 0 fully saturated rings. The van der Waals surface area contributed by atoms with Gasteiger partial charge in [-0.1, -0.05) is 0 Å². The van der Waals surface area contributed by atoms with Gasteiger partial charge in [-0.15, -0.1) is 0 Å². The molecule has 0 aliphatic carbocycles. The van der Waals surface area contributed by atoms with E-state index < -0.39 is 45.4 Å². The lowest BCUT2D eigenvalue weighted by molar-refractivity contribution is -0.136. The molecule has 19 heavy (non-hydrogen) atoms. The highest BCUT2D eigenvalue weighted by Crippen LogP contribution is 2.33. The average molecular weight is 275 g/mol. The number of aromatic amines is 1. The third-order valence-corrected chi connectivity index (χ3v) is 2.52. The Bertz CT molecular complexity index is 733. The van der Waals surface area contributed by atoms with E-state index in [4.69, 9.17) is 5.11 Å². The first-order valence-electron chi connectivity index (χ1n) is 4.88. The number of halogens is 4. The minimum absolute atomic E-state index is 0.401. The molecule has 4 nitrogen and oxygen atoms in total. The van der Waals surface area contributed by atoms with Gasteiger partial charge in [-0.05, 0) is 12.1 Å². The zero-order chi connectivity index (χ0) is 14.4. The minimum atomic E-state index is -4.89. The van der Waals surface area contributed by atoms with Gasteiger partial charge in [0, 0.05) is 6.20 Å². The number of alkyl halides is 3. The summed E-state index contributed by atoms with van der Waals surface area (Å²) in [6.45, 7) is 0. The molecule has 0 bridgehead atoms. The summed E-state index contributed by atoms with van der Waals surface area (Å²) in [5.74, 6) is -2.77. The summed E-state index contributed by atoms with van der Waals surface area (Å²) in [6, 6.07) is 0.958. The molecule has 0 aliphatic heterocycles. The first-order chi connectivity index (χ1) is 8.73. The second-order valence-electron chi connectivity index (χ2n) is 3.68. The monoisotopic (exact) mass is 275 g/mol. The molecule has 2 aromatic rings. The molecular formula is C11H5F4NO3. The maximum atomic E-state index is 13.4. The molecule has 0 amide bonds. The van der Waals surface area contributed by atoms with Crippen molar-refractivity contribution in [3.63, 3.8) is 0 Å². The Balaban J connectivity index is 3.02. The van der Waals surface area contributed by atoms with E-state index in [2.05, 4.69) is 4.98 Å². The molecule has 0 unspecified atom stereocenters. The van der Waals surface area contributed by atoms with Crippen LogP contribution in [-0.2, 0) is 6.18 Å². The highest BCUT2D eigenvalue weighted by molar-refractivity contribution is 5.93. The van der Waals surface area contributed by atoms with E-state index in [-0.39, 0.29) is 0 Å². The Labute approximate surface area is 102 Å². The lowest BCUT2D eigenvalue weighted by atomic mass is 10.0. The summed E-state index contributed by atoms with van der Waals surface area (Å²) in [7, 11) is 0. The zero-order valence-corrected chi connectivity index (χ0v) is 9.01. The van der Waals surface area contributed by atoms with Crippen molar-refractivity contribution < 1.29 is 27.5 Å². The van der Waals surface area contributed by atoms with Crippen molar-refractivity contribution in [2.45, 2.75) is 6.18 Å². The second kappa shape index (κ2) is 4.08. The van der Waals surface area contributed by atoms with Gasteiger partial charge in [0.1, 0.15) is 11.4 Å². The number of carboxylic acids is 1. The number of pyridine rings is 1. The highest BCUT2D eigenvalue weighted by Gasteiger charge is 2.34. The number of aromatic carboxylic acids is 1. The summed E-state index contributed by atoms with van der Waals surface area (Å²) in [6.07, 6.45) is -4.23. The van der Waals surface area contributed by atoms with Crippen molar-refractivity contribution in [1.82, 2.24) is 4.98 Å². The topological polar surface area (TPSA) is 70.2 Å². The van der Waals surface area contributed by atoms with Crippen LogP contribution in [0.1, 0.15) is 15.9 Å². The van der Waals surface area contributed by atoms with Gasteiger partial charge >= 0.3 is 12.1 Å². The second-order valence-corrected chi connectivity index (χ2v) is 3.68. The van der Waals surface area contributed by atoms with Crippen LogP contribution < -0.4 is 5.43 Å². The van der Waals surface area contributed by atoms with Crippen LogP contribution in [0.4, 0.5) is 17.6 Å². The number of aromatic nitrogens is 1. The Hall–Kier alpha value is -2.38. The van der Waals surface area contributed by atoms with Crippen LogP contribution in [0.15, 0.2) is 23.1 Å². The molecule has 1 heterocycles. The first kappa shape index (κ1) is 13.1. The average Bonchev–Trinajstić information content (AvgIpc) is 2.28. The van der Waals surface area contributed by atoms with Crippen LogP contribution in [0, 0.1) is 5.82 Å². The van der Waals surface area contributed by atoms with Crippen molar-refractivity contribution >= 4 is 16.9 Å². The molecule has 2 N–H and O–H groups in total. The Morgan fingerprint density at radius 1 is 1.26 bits per heavy atom. The summed E-state index contributed by atoms with van der Waals surface area (Å²) in [4.78, 5) is 24.5. The molecule has 0 aliphatic rings. The molecule has 0 saturated heterocycles. The third kappa shape index (κ3) is 2.05. The number of H-pyrrole nitrogens is 1. The number of hydrogen-bond acceptors (Lipinski definition) is 2. The number of carbonyl (C=O) groups is 1. The summed E-state index contributed by atoms with van der Waals surface area (Å²) in [5, 5.41) is 7.67. The van der Waals surface area contributed by atoms with Crippen molar-refractivity contribution in [2.75, 3.05) is 0 Å². The smallest absolute Gasteiger partial charge is 0.417 e. The third-order valence-electron chi connectivity index (χ3n) is 2.52. The van der Waals surface area contributed by atoms with E-state index in [1.54, 1.807) is 0 Å². The molecular weight excluding hydrogens is 270 g/mol. The summed E-state index contributed by atoms with van der Waals surface area (Å²) < 4.78 is 51.6. The molecule has 0 saturated carbocycles. The van der Waals surface area contributed by atoms with E-state index in [9.17, 15) is 27.2 Å². The van der Waals surface area contributed by atoms with E-state index in [1.807, 2.05) is 0 Å². The predicted octanol–water partition coefficient (Wildman–Crippen LogP) is 2.38. The lowest BCUT2D eigenvalue weighted by Gasteiger charge is -2.10. The normalized spacial score (nSPS) is 11.8. The fourth-order valence-corrected chi connectivity index (χ4v) is 1.69. The number of fused-ring (bicyclic) bond motifs is 1. The van der Waals surface area contributed by atoms with Crippen LogP contribution in [0.5, 0.6) is 0 Å². The number of nitrogens with one attached hydrogen (secondary N) is 1. The van der Waals surface area contributed by atoms with Gasteiger partial charge in [0.15, 0.2) is 0 Å². The number of benzene rings is 1. The van der Waals surface area contributed by atoms with Crippen molar-refractivity contribution in [2.24, 2.45) is 0 Å². The van der Waals surface area contributed by atoms with Crippen LogP contribution >= 0.6 is 0 Å². The molecule has 0 spiro atoms. The Kier molecular flexibility index (Phi) is 2.80. The van der Waals surface area contributed by atoms with Gasteiger partial charge in [0.2, 0.25) is 5.43 Å². The summed E-state index contributed by atoms with van der Waals surface area (Å²) in [5.41, 5.74) is -4.32. The van der Waals surface area contributed by atoms with E-state index in [1.165, 1.54) is 0 Å². The van der Waals surface area contributed by atoms with E-state index in [0.717, 1.165) is 0 Å². The fraction of sp³-hybridized carbons (Fsp3) is 0.0909. The number of carboxylic acid groups (broad SMARTS) is 1.